The summed E-state index contributed by atoms with van der Waals surface area (Å²) in [5.74, 6) is 0. The number of aromatic nitrogens is 2. The van der Waals surface area contributed by atoms with Gasteiger partial charge in [-0.05, 0) is 0 Å². The van der Waals surface area contributed by atoms with Crippen molar-refractivity contribution in [3.8, 4) is 0 Å². The predicted molar refractivity (Wildman–Crippen MR) is 31.8 cm³/mol. The molecule has 1 aromatic heterocycles. The Kier molecular flexibility index (Phi) is 2.14. The zero-order valence-corrected chi connectivity index (χ0v) is 6.06. The van der Waals surface area contributed by atoms with E-state index in [1.807, 2.05) is 0 Å². The molecule has 10 heavy (non-hydrogen) atoms. The minimum atomic E-state index is -4.25. The highest BCUT2D eigenvalue weighted by Crippen LogP contribution is 2.36. The molecule has 2 nitrogen and oxygen atoms in total. The zero-order chi connectivity index (χ0) is 7.61. The van der Waals surface area contributed by atoms with Crippen molar-refractivity contribution in [1.29, 1.82) is 0 Å². The maximum Gasteiger partial charge on any atom is 0.448 e. The van der Waals surface area contributed by atoms with Gasteiger partial charge in [0, 0.05) is 11.8 Å². The Bertz CT molecular complexity index is 194. The maximum absolute atomic E-state index is 11.5. The summed E-state index contributed by atoms with van der Waals surface area (Å²) in [5.41, 5.74) is -2.99. The molecule has 0 amide bonds. The van der Waals surface area contributed by atoms with Gasteiger partial charge in [0.05, 0.1) is 0 Å². The topological polar surface area (TPSA) is 25.8 Å². The lowest BCUT2D eigenvalue weighted by atomic mass is 11.5. The molecule has 0 fully saturated rings. The molecule has 1 rings (SSSR count). The fourth-order valence-corrected chi connectivity index (χ4v) is 1.48. The van der Waals surface area contributed by atoms with Crippen LogP contribution in [0.4, 0.5) is 13.2 Å². The number of thioether (sulfide) groups is 1. The first-order valence-electron chi connectivity index (χ1n) is 2.10. The first kappa shape index (κ1) is 7.80. The molecule has 0 radical (unpaired) electrons. The van der Waals surface area contributed by atoms with Crippen LogP contribution in [0.1, 0.15) is 0 Å². The van der Waals surface area contributed by atoms with Crippen LogP contribution in [0.25, 0.3) is 0 Å². The first-order valence-corrected chi connectivity index (χ1v) is 3.79. The van der Waals surface area contributed by atoms with E-state index < -0.39 is 5.51 Å². The van der Waals surface area contributed by atoms with Crippen molar-refractivity contribution in [2.24, 2.45) is 0 Å². The fraction of sp³-hybridized carbons (Fsp3) is 0.333. The summed E-state index contributed by atoms with van der Waals surface area (Å²) >= 11 is 0.623. The number of alkyl halides is 3. The van der Waals surface area contributed by atoms with Gasteiger partial charge in [0.25, 0.3) is 0 Å². The third-order valence-electron chi connectivity index (χ3n) is 0.543. The third kappa shape index (κ3) is 2.53. The van der Waals surface area contributed by atoms with Crippen LogP contribution in [0.2, 0.25) is 0 Å². The Morgan fingerprint density at radius 3 is 2.60 bits per heavy atom. The van der Waals surface area contributed by atoms with Crippen LogP contribution >= 0.6 is 23.1 Å². The summed E-state index contributed by atoms with van der Waals surface area (Å²) in [4.78, 5) is 0. The average molecular weight is 186 g/mol. The Labute approximate surface area is 62.5 Å². The summed E-state index contributed by atoms with van der Waals surface area (Å²) in [6, 6.07) is 0. The molecule has 0 spiro atoms. The highest BCUT2D eigenvalue weighted by molar-refractivity contribution is 8.01. The van der Waals surface area contributed by atoms with Gasteiger partial charge in [-0.3, -0.25) is 0 Å². The average Bonchev–Trinajstić information content (AvgIpc) is 2.12. The Morgan fingerprint density at radius 1 is 1.50 bits per heavy atom. The molecule has 0 aliphatic carbocycles. The molecule has 0 saturated carbocycles. The standard InChI is InChI=1S/C3HF3N2S2/c4-3(5,6)10-2-8-7-1-9-2/h1H. The second-order valence-electron chi connectivity index (χ2n) is 1.25. The largest absolute Gasteiger partial charge is 0.448 e. The van der Waals surface area contributed by atoms with Gasteiger partial charge in [-0.15, -0.1) is 10.2 Å². The number of rotatable bonds is 1. The molecule has 56 valence electrons. The summed E-state index contributed by atoms with van der Waals surface area (Å²) in [7, 11) is 0. The summed E-state index contributed by atoms with van der Waals surface area (Å²) in [6.45, 7) is 0. The fourth-order valence-electron chi connectivity index (χ4n) is 0.306. The van der Waals surface area contributed by atoms with Crippen LogP contribution in [0.5, 0.6) is 0 Å². The van der Waals surface area contributed by atoms with E-state index in [0.717, 1.165) is 11.3 Å². The molecule has 0 aliphatic heterocycles. The normalized spacial score (nSPS) is 11.9. The molecule has 7 heteroatoms. The van der Waals surface area contributed by atoms with E-state index in [9.17, 15) is 13.2 Å². The van der Waals surface area contributed by atoms with Crippen LogP contribution in [0.15, 0.2) is 9.85 Å². The van der Waals surface area contributed by atoms with Crippen LogP contribution in [0, 0.1) is 0 Å². The van der Waals surface area contributed by atoms with Gasteiger partial charge in [-0.2, -0.15) is 13.2 Å². The number of hydrogen-bond donors (Lipinski definition) is 0. The van der Waals surface area contributed by atoms with Gasteiger partial charge in [-0.1, -0.05) is 11.3 Å². The zero-order valence-electron chi connectivity index (χ0n) is 4.42. The number of nitrogens with zero attached hydrogens (tertiary/aromatic N) is 2. The van der Waals surface area contributed by atoms with Crippen LogP contribution < -0.4 is 0 Å². The van der Waals surface area contributed by atoms with Crippen molar-refractivity contribution in [1.82, 2.24) is 10.2 Å². The minimum Gasteiger partial charge on any atom is -0.160 e. The van der Waals surface area contributed by atoms with E-state index in [1.54, 1.807) is 0 Å². The van der Waals surface area contributed by atoms with Gasteiger partial charge < -0.3 is 0 Å². The molecule has 0 saturated heterocycles. The lowest BCUT2D eigenvalue weighted by molar-refractivity contribution is -0.0328. The Hall–Kier alpha value is -0.300. The molecule has 0 unspecified atom stereocenters. The van der Waals surface area contributed by atoms with Gasteiger partial charge in [0.15, 0.2) is 4.34 Å². The lowest BCUT2D eigenvalue weighted by Crippen LogP contribution is -1.98. The lowest BCUT2D eigenvalue weighted by Gasteiger charge is -1.98. The SMILES string of the molecule is FC(F)(F)Sc1nncs1. The second kappa shape index (κ2) is 2.75. The smallest absolute Gasteiger partial charge is 0.160 e. The number of halogens is 3. The second-order valence-corrected chi connectivity index (χ2v) is 3.40. The van der Waals surface area contributed by atoms with E-state index in [-0.39, 0.29) is 16.1 Å². The van der Waals surface area contributed by atoms with Crippen LogP contribution in [-0.4, -0.2) is 15.7 Å². The highest BCUT2D eigenvalue weighted by atomic mass is 32.2. The molecular formula is C3HF3N2S2. The molecule has 1 aromatic rings. The molecule has 0 atom stereocenters. The van der Waals surface area contributed by atoms with Crippen molar-refractivity contribution in [3.05, 3.63) is 5.51 Å². The van der Waals surface area contributed by atoms with Crippen LogP contribution in [-0.2, 0) is 0 Å². The van der Waals surface area contributed by atoms with E-state index >= 15 is 0 Å². The molecule has 0 bridgehead atoms. The maximum atomic E-state index is 11.5. The van der Waals surface area contributed by atoms with Gasteiger partial charge in [0.2, 0.25) is 0 Å². The van der Waals surface area contributed by atoms with Crippen molar-refractivity contribution >= 4 is 23.1 Å². The van der Waals surface area contributed by atoms with Crippen molar-refractivity contribution < 1.29 is 13.2 Å². The van der Waals surface area contributed by atoms with Crippen LogP contribution in [0.3, 0.4) is 0 Å². The third-order valence-corrected chi connectivity index (χ3v) is 2.05. The first-order chi connectivity index (χ1) is 4.58. The Balaban J connectivity index is 2.57. The van der Waals surface area contributed by atoms with Crippen molar-refractivity contribution in [2.45, 2.75) is 9.85 Å². The van der Waals surface area contributed by atoms with E-state index in [1.165, 1.54) is 5.51 Å². The van der Waals surface area contributed by atoms with E-state index in [0.29, 0.717) is 0 Å². The summed E-state index contributed by atoms with van der Waals surface area (Å²) in [5, 5.41) is 6.47. The Morgan fingerprint density at radius 2 is 2.20 bits per heavy atom. The monoisotopic (exact) mass is 186 g/mol. The summed E-state index contributed by atoms with van der Waals surface area (Å²) in [6.07, 6.45) is 0. The van der Waals surface area contributed by atoms with Gasteiger partial charge in [-0.25, -0.2) is 0 Å². The van der Waals surface area contributed by atoms with Crippen molar-refractivity contribution in [2.75, 3.05) is 0 Å². The molecular weight excluding hydrogens is 185 g/mol. The number of hydrogen-bond acceptors (Lipinski definition) is 4. The minimum absolute atomic E-state index is 0.0764. The van der Waals surface area contributed by atoms with Gasteiger partial charge in [0.1, 0.15) is 5.51 Å². The van der Waals surface area contributed by atoms with Gasteiger partial charge >= 0.3 is 5.51 Å². The molecule has 1 heterocycles. The quantitative estimate of drug-likeness (QED) is 0.628. The molecule has 0 aromatic carbocycles. The van der Waals surface area contributed by atoms with Crippen molar-refractivity contribution in [3.63, 3.8) is 0 Å². The van der Waals surface area contributed by atoms with E-state index in [2.05, 4.69) is 10.2 Å². The highest BCUT2D eigenvalue weighted by Gasteiger charge is 2.30. The molecule has 0 N–H and O–H groups in total. The summed E-state index contributed by atoms with van der Waals surface area (Å²) < 4.78 is 34.5. The predicted octanol–water partition coefficient (Wildman–Crippen LogP) is 2.15. The van der Waals surface area contributed by atoms with E-state index in [4.69, 9.17) is 0 Å². The molecule has 0 aliphatic rings.